The zero-order chi connectivity index (χ0) is 13.7. The minimum Gasteiger partial charge on any atom is -0.370 e. The lowest BCUT2D eigenvalue weighted by atomic mass is 9.91. The van der Waals surface area contributed by atoms with Gasteiger partial charge in [-0.25, -0.2) is 0 Å². The van der Waals surface area contributed by atoms with Gasteiger partial charge in [0.1, 0.15) is 0 Å². The Balaban J connectivity index is 2.61. The van der Waals surface area contributed by atoms with Crippen molar-refractivity contribution in [3.8, 4) is 0 Å². The van der Waals surface area contributed by atoms with Gasteiger partial charge < -0.3 is 11.5 Å². The minimum atomic E-state index is -0.230. The summed E-state index contributed by atoms with van der Waals surface area (Å²) in [5, 5.41) is 0. The fourth-order valence-corrected chi connectivity index (χ4v) is 2.58. The van der Waals surface area contributed by atoms with E-state index in [0.717, 1.165) is 19.3 Å². The van der Waals surface area contributed by atoms with Crippen LogP contribution in [0.3, 0.4) is 0 Å². The maximum atomic E-state index is 10.7. The Bertz CT molecular complexity index is 403. The van der Waals surface area contributed by atoms with Crippen LogP contribution in [0.5, 0.6) is 0 Å². The molecule has 0 aliphatic carbocycles. The van der Waals surface area contributed by atoms with Crippen molar-refractivity contribution in [2.45, 2.75) is 52.5 Å². The zero-order valence-electron chi connectivity index (χ0n) is 11.6. The molecule has 0 saturated carbocycles. The van der Waals surface area contributed by atoms with Crippen molar-refractivity contribution in [1.82, 2.24) is 0 Å². The summed E-state index contributed by atoms with van der Waals surface area (Å²) in [6.45, 7) is 6.32. The molecule has 0 aliphatic heterocycles. The third-order valence-electron chi connectivity index (χ3n) is 3.30. The summed E-state index contributed by atoms with van der Waals surface area (Å²) in [6.07, 6.45) is 3.13. The molecule has 0 fully saturated rings. The van der Waals surface area contributed by atoms with Crippen LogP contribution < -0.4 is 11.5 Å². The van der Waals surface area contributed by atoms with E-state index in [1.54, 1.807) is 0 Å². The second-order valence-electron chi connectivity index (χ2n) is 5.13. The molecule has 3 heteroatoms. The van der Waals surface area contributed by atoms with E-state index in [4.69, 9.17) is 11.5 Å². The van der Waals surface area contributed by atoms with Crippen LogP contribution in [0, 0.1) is 20.8 Å². The number of hydrogen-bond donors (Lipinski definition) is 2. The lowest BCUT2D eigenvalue weighted by Gasteiger charge is -2.18. The number of rotatable bonds is 6. The predicted octanol–water partition coefficient (Wildman–Crippen LogP) is 2.66. The molecule has 0 aliphatic rings. The highest BCUT2D eigenvalue weighted by Crippen LogP contribution is 2.25. The molecule has 1 amide bonds. The molecule has 100 valence electrons. The second kappa shape index (κ2) is 6.55. The van der Waals surface area contributed by atoms with Gasteiger partial charge in [-0.3, -0.25) is 4.79 Å². The first kappa shape index (κ1) is 14.7. The average molecular weight is 248 g/mol. The summed E-state index contributed by atoms with van der Waals surface area (Å²) < 4.78 is 0. The van der Waals surface area contributed by atoms with Crippen LogP contribution in [0.2, 0.25) is 0 Å². The SMILES string of the molecule is Cc1cc(C)c(C(N)CCCCC(N)=O)c(C)c1. The second-order valence-corrected chi connectivity index (χ2v) is 5.13. The maximum absolute atomic E-state index is 10.7. The van der Waals surface area contributed by atoms with Gasteiger partial charge in [-0.15, -0.1) is 0 Å². The van der Waals surface area contributed by atoms with Crippen molar-refractivity contribution in [2.24, 2.45) is 11.5 Å². The van der Waals surface area contributed by atoms with Crippen LogP contribution >= 0.6 is 0 Å². The number of primary amides is 1. The van der Waals surface area contributed by atoms with E-state index in [1.165, 1.54) is 22.3 Å². The molecule has 1 atom stereocenters. The standard InChI is InChI=1S/C15H24N2O/c1-10-8-11(2)15(12(3)9-10)13(16)6-4-5-7-14(17)18/h8-9,13H,4-7,16H2,1-3H3,(H2,17,18). The van der Waals surface area contributed by atoms with Crippen molar-refractivity contribution in [1.29, 1.82) is 0 Å². The lowest BCUT2D eigenvalue weighted by Crippen LogP contribution is -2.14. The summed E-state index contributed by atoms with van der Waals surface area (Å²) in [5.41, 5.74) is 16.4. The maximum Gasteiger partial charge on any atom is 0.217 e. The Morgan fingerprint density at radius 3 is 2.22 bits per heavy atom. The molecule has 0 aromatic heterocycles. The molecule has 1 aromatic carbocycles. The summed E-state index contributed by atoms with van der Waals surface area (Å²) in [7, 11) is 0. The van der Waals surface area contributed by atoms with Crippen molar-refractivity contribution in [2.75, 3.05) is 0 Å². The van der Waals surface area contributed by atoms with Crippen LogP contribution in [0.25, 0.3) is 0 Å². The van der Waals surface area contributed by atoms with E-state index in [1.807, 2.05) is 0 Å². The van der Waals surface area contributed by atoms with Gasteiger partial charge in [-0.2, -0.15) is 0 Å². The minimum absolute atomic E-state index is 0.0541. The van der Waals surface area contributed by atoms with E-state index in [0.29, 0.717) is 6.42 Å². The first-order valence-electron chi connectivity index (χ1n) is 6.53. The van der Waals surface area contributed by atoms with Crippen molar-refractivity contribution < 1.29 is 4.79 Å². The van der Waals surface area contributed by atoms with Crippen molar-refractivity contribution in [3.05, 3.63) is 34.4 Å². The zero-order valence-corrected chi connectivity index (χ0v) is 11.6. The molecule has 18 heavy (non-hydrogen) atoms. The van der Waals surface area contributed by atoms with Crippen LogP contribution in [0.15, 0.2) is 12.1 Å². The number of nitrogens with two attached hydrogens (primary N) is 2. The molecule has 1 rings (SSSR count). The van der Waals surface area contributed by atoms with Crippen molar-refractivity contribution in [3.63, 3.8) is 0 Å². The fraction of sp³-hybridized carbons (Fsp3) is 0.533. The van der Waals surface area contributed by atoms with Gasteiger partial charge in [0.2, 0.25) is 5.91 Å². The molecular formula is C15H24N2O. The van der Waals surface area contributed by atoms with Gasteiger partial charge in [0.15, 0.2) is 0 Å². The molecule has 1 unspecified atom stereocenters. The predicted molar refractivity (Wildman–Crippen MR) is 75.2 cm³/mol. The fourth-order valence-electron chi connectivity index (χ4n) is 2.58. The molecule has 4 N–H and O–H groups in total. The van der Waals surface area contributed by atoms with E-state index >= 15 is 0 Å². The quantitative estimate of drug-likeness (QED) is 0.760. The van der Waals surface area contributed by atoms with Crippen molar-refractivity contribution >= 4 is 5.91 Å². The largest absolute Gasteiger partial charge is 0.370 e. The van der Waals surface area contributed by atoms with Crippen LogP contribution in [0.1, 0.15) is 54.0 Å². The van der Waals surface area contributed by atoms with Gasteiger partial charge in [0.05, 0.1) is 0 Å². The Morgan fingerprint density at radius 2 is 1.72 bits per heavy atom. The molecule has 0 bridgehead atoms. The average Bonchev–Trinajstić information content (AvgIpc) is 2.22. The van der Waals surface area contributed by atoms with E-state index in [9.17, 15) is 4.79 Å². The molecular weight excluding hydrogens is 224 g/mol. The number of carbonyl (C=O) groups excluding carboxylic acids is 1. The van der Waals surface area contributed by atoms with Gasteiger partial charge in [0.25, 0.3) is 0 Å². The van der Waals surface area contributed by atoms with Gasteiger partial charge in [-0.05, 0) is 50.3 Å². The highest BCUT2D eigenvalue weighted by Gasteiger charge is 2.12. The lowest BCUT2D eigenvalue weighted by molar-refractivity contribution is -0.118. The highest BCUT2D eigenvalue weighted by atomic mass is 16.1. The summed E-state index contributed by atoms with van der Waals surface area (Å²) in [5.74, 6) is -0.230. The molecule has 0 saturated heterocycles. The van der Waals surface area contributed by atoms with E-state index in [-0.39, 0.29) is 11.9 Å². The van der Waals surface area contributed by atoms with Crippen LogP contribution in [-0.2, 0) is 4.79 Å². The summed E-state index contributed by atoms with van der Waals surface area (Å²) in [6, 6.07) is 4.40. The Labute approximate surface area is 110 Å². The summed E-state index contributed by atoms with van der Waals surface area (Å²) in [4.78, 5) is 10.7. The summed E-state index contributed by atoms with van der Waals surface area (Å²) >= 11 is 0. The molecule has 0 heterocycles. The Kier molecular flexibility index (Phi) is 5.35. The topological polar surface area (TPSA) is 69.1 Å². The number of aryl methyl sites for hydroxylation is 3. The first-order chi connectivity index (χ1) is 8.41. The third kappa shape index (κ3) is 4.15. The molecule has 0 spiro atoms. The van der Waals surface area contributed by atoms with Gasteiger partial charge in [-0.1, -0.05) is 24.1 Å². The highest BCUT2D eigenvalue weighted by molar-refractivity contribution is 5.73. The molecule has 0 radical (unpaired) electrons. The molecule has 3 nitrogen and oxygen atoms in total. The van der Waals surface area contributed by atoms with Crippen LogP contribution in [0.4, 0.5) is 0 Å². The van der Waals surface area contributed by atoms with Gasteiger partial charge >= 0.3 is 0 Å². The van der Waals surface area contributed by atoms with Gasteiger partial charge in [0, 0.05) is 12.5 Å². The smallest absolute Gasteiger partial charge is 0.217 e. The Hall–Kier alpha value is -1.35. The number of benzene rings is 1. The number of unbranched alkanes of at least 4 members (excludes halogenated alkanes) is 1. The number of amides is 1. The third-order valence-corrected chi connectivity index (χ3v) is 3.30. The normalized spacial score (nSPS) is 12.4. The Morgan fingerprint density at radius 1 is 1.17 bits per heavy atom. The van der Waals surface area contributed by atoms with Crippen LogP contribution in [-0.4, -0.2) is 5.91 Å². The monoisotopic (exact) mass is 248 g/mol. The van der Waals surface area contributed by atoms with E-state index < -0.39 is 0 Å². The number of carbonyl (C=O) groups is 1. The number of hydrogen-bond acceptors (Lipinski definition) is 2. The first-order valence-corrected chi connectivity index (χ1v) is 6.53. The van der Waals surface area contributed by atoms with E-state index in [2.05, 4.69) is 32.9 Å². The molecule has 1 aromatic rings.